The molecule has 2 saturated heterocycles. The molecule has 0 amide bonds. The number of aliphatic carboxylic acids is 1. The molecule has 2 heterocycles. The highest BCUT2D eigenvalue weighted by Crippen LogP contribution is 2.39. The van der Waals surface area contributed by atoms with Crippen LogP contribution in [0.2, 0.25) is 0 Å². The average Bonchev–Trinajstić information content (AvgIpc) is 2.79. The van der Waals surface area contributed by atoms with E-state index in [9.17, 15) is 15.0 Å². The van der Waals surface area contributed by atoms with E-state index >= 15 is 0 Å². The first-order chi connectivity index (χ1) is 15.6. The van der Waals surface area contributed by atoms with E-state index in [1.165, 1.54) is 64.2 Å². The molecule has 0 bridgehead atoms. The van der Waals surface area contributed by atoms with E-state index in [-0.39, 0.29) is 5.41 Å². The second kappa shape index (κ2) is 14.4. The molecule has 0 aromatic heterocycles. The summed E-state index contributed by atoms with van der Waals surface area (Å²) in [6, 6.07) is 0. The highest BCUT2D eigenvalue weighted by molar-refractivity contribution is 8.01. The lowest BCUT2D eigenvalue weighted by atomic mass is 9.87. The summed E-state index contributed by atoms with van der Waals surface area (Å²) in [5.41, 5.74) is -0.508. The van der Waals surface area contributed by atoms with Crippen molar-refractivity contribution in [3.8, 4) is 0 Å². The zero-order chi connectivity index (χ0) is 24.3. The molecule has 33 heavy (non-hydrogen) atoms. The Bertz CT molecular complexity index is 602. The van der Waals surface area contributed by atoms with Crippen LogP contribution in [0.4, 0.5) is 0 Å². The molecular formula is C28H50O3S2. The molecular weight excluding hydrogens is 448 g/mol. The number of unbranched alkanes of at least 4 members (excludes halogenated alkanes) is 2. The number of hydrogen-bond acceptors (Lipinski definition) is 4. The molecule has 4 atom stereocenters. The molecule has 0 spiro atoms. The van der Waals surface area contributed by atoms with Gasteiger partial charge >= 0.3 is 5.97 Å². The highest BCUT2D eigenvalue weighted by Gasteiger charge is 2.27. The van der Waals surface area contributed by atoms with Gasteiger partial charge in [0.1, 0.15) is 0 Å². The van der Waals surface area contributed by atoms with E-state index in [1.54, 1.807) is 0 Å². The van der Waals surface area contributed by atoms with Gasteiger partial charge < -0.3 is 10.2 Å². The van der Waals surface area contributed by atoms with E-state index < -0.39 is 11.4 Å². The van der Waals surface area contributed by atoms with E-state index in [2.05, 4.69) is 49.5 Å². The number of thioether (sulfide) groups is 2. The first-order valence-corrected chi connectivity index (χ1v) is 15.3. The van der Waals surface area contributed by atoms with Crippen molar-refractivity contribution in [3.05, 3.63) is 12.2 Å². The predicted molar refractivity (Wildman–Crippen MR) is 146 cm³/mol. The zero-order valence-electron chi connectivity index (χ0n) is 21.7. The van der Waals surface area contributed by atoms with Crippen LogP contribution >= 0.6 is 23.5 Å². The van der Waals surface area contributed by atoms with Crippen molar-refractivity contribution >= 4 is 29.5 Å². The minimum absolute atomic E-state index is 0.0789. The van der Waals surface area contributed by atoms with Crippen molar-refractivity contribution in [1.29, 1.82) is 0 Å². The maximum atomic E-state index is 11.3. The minimum Gasteiger partial charge on any atom is -0.481 e. The summed E-state index contributed by atoms with van der Waals surface area (Å²) in [6.45, 7) is 8.31. The molecule has 0 aromatic rings. The minimum atomic E-state index is -0.673. The second-order valence-electron chi connectivity index (χ2n) is 11.8. The third kappa shape index (κ3) is 11.4. The van der Waals surface area contributed by atoms with Crippen molar-refractivity contribution in [2.24, 2.45) is 10.8 Å². The van der Waals surface area contributed by atoms with Crippen LogP contribution in [0.5, 0.6) is 0 Å². The first kappa shape index (κ1) is 29.1. The molecule has 5 heteroatoms. The topological polar surface area (TPSA) is 57.5 Å². The molecule has 3 nitrogen and oxygen atoms in total. The highest BCUT2D eigenvalue weighted by atomic mass is 32.2. The van der Waals surface area contributed by atoms with Crippen LogP contribution < -0.4 is 0 Å². The van der Waals surface area contributed by atoms with Crippen LogP contribution in [-0.4, -0.2) is 43.8 Å². The number of hydrogen-bond donors (Lipinski definition) is 2. The molecule has 2 aliphatic heterocycles. The van der Waals surface area contributed by atoms with Gasteiger partial charge in [-0.25, -0.2) is 0 Å². The quantitative estimate of drug-likeness (QED) is 0.187. The standard InChI is InChI=1S/C28H50O3S2/c1-27(2,21-29)19-7-5-11-22-13-9-15-24(32-22)17-18-25-16-10-14-23(33-25)12-6-8-20-28(3,4)26(30)31/h17-18,22-25,29H,5-16,19-21H2,1-4H3,(H,30,31)/b18-17-. The van der Waals surface area contributed by atoms with Crippen molar-refractivity contribution in [3.63, 3.8) is 0 Å². The maximum Gasteiger partial charge on any atom is 0.309 e. The van der Waals surface area contributed by atoms with E-state index in [0.29, 0.717) is 17.1 Å². The predicted octanol–water partition coefficient (Wildman–Crippen LogP) is 8.10. The lowest BCUT2D eigenvalue weighted by Gasteiger charge is -2.29. The van der Waals surface area contributed by atoms with Crippen LogP contribution in [0, 0.1) is 10.8 Å². The first-order valence-electron chi connectivity index (χ1n) is 13.4. The maximum absolute atomic E-state index is 11.3. The molecule has 0 aliphatic carbocycles. The average molecular weight is 499 g/mol. The van der Waals surface area contributed by atoms with Crippen LogP contribution in [0.15, 0.2) is 12.2 Å². The molecule has 4 unspecified atom stereocenters. The Kier molecular flexibility index (Phi) is 12.7. The van der Waals surface area contributed by atoms with Crippen LogP contribution in [-0.2, 0) is 4.79 Å². The lowest BCUT2D eigenvalue weighted by Crippen LogP contribution is -2.23. The zero-order valence-corrected chi connectivity index (χ0v) is 23.3. The molecule has 2 rings (SSSR count). The number of aliphatic hydroxyl groups excluding tert-OH is 1. The fourth-order valence-corrected chi connectivity index (χ4v) is 8.08. The van der Waals surface area contributed by atoms with Gasteiger partial charge in [-0.15, -0.1) is 0 Å². The number of carboxylic acids is 1. The fraction of sp³-hybridized carbons (Fsp3) is 0.893. The third-order valence-electron chi connectivity index (χ3n) is 7.52. The molecule has 0 radical (unpaired) electrons. The Morgan fingerprint density at radius 1 is 0.818 bits per heavy atom. The number of rotatable bonds is 14. The molecule has 2 N–H and O–H groups in total. The summed E-state index contributed by atoms with van der Waals surface area (Å²) >= 11 is 4.39. The number of carboxylic acid groups (broad SMARTS) is 1. The van der Waals surface area contributed by atoms with Crippen molar-refractivity contribution in [2.45, 2.75) is 139 Å². The van der Waals surface area contributed by atoms with Crippen molar-refractivity contribution in [1.82, 2.24) is 0 Å². The van der Waals surface area contributed by atoms with E-state index in [4.69, 9.17) is 0 Å². The molecule has 0 saturated carbocycles. The summed E-state index contributed by atoms with van der Waals surface area (Å²) in [5, 5.41) is 21.6. The van der Waals surface area contributed by atoms with E-state index in [1.807, 2.05) is 13.8 Å². The second-order valence-corrected chi connectivity index (χ2v) is 14.9. The van der Waals surface area contributed by atoms with E-state index in [0.717, 1.165) is 36.2 Å². The largest absolute Gasteiger partial charge is 0.481 e. The fourth-order valence-electron chi connectivity index (χ4n) is 4.92. The van der Waals surface area contributed by atoms with Crippen LogP contribution in [0.25, 0.3) is 0 Å². The molecule has 192 valence electrons. The van der Waals surface area contributed by atoms with Gasteiger partial charge in [0.15, 0.2) is 0 Å². The summed E-state index contributed by atoms with van der Waals surface area (Å²) < 4.78 is 0. The number of aliphatic hydroxyl groups is 1. The summed E-state index contributed by atoms with van der Waals surface area (Å²) in [7, 11) is 0. The van der Waals surface area contributed by atoms with Gasteiger partial charge in [-0.05, 0) is 70.6 Å². The summed E-state index contributed by atoms with van der Waals surface area (Å²) in [5.74, 6) is -0.673. The normalized spacial score (nSPS) is 27.2. The van der Waals surface area contributed by atoms with Gasteiger partial charge in [-0.3, -0.25) is 4.79 Å². The molecule has 2 aliphatic rings. The Hall–Kier alpha value is -0.130. The van der Waals surface area contributed by atoms with Gasteiger partial charge in [-0.2, -0.15) is 23.5 Å². The van der Waals surface area contributed by atoms with Crippen molar-refractivity contribution < 1.29 is 15.0 Å². The van der Waals surface area contributed by atoms with Gasteiger partial charge in [-0.1, -0.05) is 64.5 Å². The van der Waals surface area contributed by atoms with Crippen molar-refractivity contribution in [2.75, 3.05) is 6.61 Å². The van der Waals surface area contributed by atoms with Gasteiger partial charge in [0, 0.05) is 27.6 Å². The number of carbonyl (C=O) groups is 1. The van der Waals surface area contributed by atoms with Crippen LogP contribution in [0.3, 0.4) is 0 Å². The Labute approximate surface area is 212 Å². The lowest BCUT2D eigenvalue weighted by molar-refractivity contribution is -0.147. The smallest absolute Gasteiger partial charge is 0.309 e. The summed E-state index contributed by atoms with van der Waals surface area (Å²) in [6.07, 6.45) is 22.3. The molecule has 2 fully saturated rings. The Morgan fingerprint density at radius 3 is 1.76 bits per heavy atom. The van der Waals surface area contributed by atoms with Gasteiger partial charge in [0.25, 0.3) is 0 Å². The van der Waals surface area contributed by atoms with Crippen LogP contribution in [0.1, 0.15) is 118 Å². The Morgan fingerprint density at radius 2 is 1.30 bits per heavy atom. The van der Waals surface area contributed by atoms with Gasteiger partial charge in [0.2, 0.25) is 0 Å². The van der Waals surface area contributed by atoms with Gasteiger partial charge in [0.05, 0.1) is 5.41 Å². The molecule has 0 aromatic carbocycles. The summed E-state index contributed by atoms with van der Waals surface area (Å²) in [4.78, 5) is 11.3. The Balaban J connectivity index is 1.66. The monoisotopic (exact) mass is 498 g/mol. The third-order valence-corrected chi connectivity index (χ3v) is 10.7. The SMILES string of the molecule is CC(C)(CO)CCCCC1CCCC(/C=C\C2CCCC(CCCCC(C)(C)C(=O)O)S2)S1.